The first-order chi connectivity index (χ1) is 9.93. The molecule has 2 heteroatoms. The summed E-state index contributed by atoms with van der Waals surface area (Å²) >= 11 is 0. The van der Waals surface area contributed by atoms with Crippen LogP contribution in [0.2, 0.25) is 0 Å². The number of aromatic nitrogens is 1. The van der Waals surface area contributed by atoms with Crippen molar-refractivity contribution in [3.8, 4) is 0 Å². The molecule has 0 fully saturated rings. The fourth-order valence-corrected chi connectivity index (χ4v) is 3.39. The first-order valence-corrected chi connectivity index (χ1v) is 7.95. The number of pyridine rings is 1. The molecule has 0 radical (unpaired) electrons. The van der Waals surface area contributed by atoms with Gasteiger partial charge in [-0.25, -0.2) is 4.57 Å². The first-order valence-electron chi connectivity index (χ1n) is 7.95. The molecule has 0 amide bonds. The third-order valence-corrected chi connectivity index (χ3v) is 4.50. The Hall–Kier alpha value is -1.15. The van der Waals surface area contributed by atoms with Crippen LogP contribution in [0.5, 0.6) is 0 Å². The van der Waals surface area contributed by atoms with Gasteiger partial charge < -0.3 is 17.0 Å². The third kappa shape index (κ3) is 4.41. The minimum absolute atomic E-state index is 0. The number of benzene rings is 1. The number of aryl methyl sites for hydroxylation is 2. The SMILES string of the molecule is [Br-].c1cc[n+](CCCCCC2CCc3ccccc32)cc1. The maximum Gasteiger partial charge on any atom is 0.168 e. The van der Waals surface area contributed by atoms with E-state index in [9.17, 15) is 0 Å². The van der Waals surface area contributed by atoms with Crippen LogP contribution in [-0.2, 0) is 13.0 Å². The van der Waals surface area contributed by atoms with Gasteiger partial charge in [-0.15, -0.1) is 0 Å². The largest absolute Gasteiger partial charge is 1.00 e. The van der Waals surface area contributed by atoms with Crippen molar-refractivity contribution in [3.05, 3.63) is 66.0 Å². The Morgan fingerprint density at radius 3 is 2.57 bits per heavy atom. The number of nitrogens with zero attached hydrogens (tertiary/aromatic N) is 1. The molecule has 1 aromatic heterocycles. The number of unbranched alkanes of at least 4 members (excludes halogenated alkanes) is 2. The van der Waals surface area contributed by atoms with Gasteiger partial charge in [0.15, 0.2) is 12.4 Å². The van der Waals surface area contributed by atoms with E-state index in [2.05, 4.69) is 59.4 Å². The number of hydrogen-bond acceptors (Lipinski definition) is 0. The molecule has 0 spiro atoms. The van der Waals surface area contributed by atoms with Gasteiger partial charge in [0.05, 0.1) is 0 Å². The maximum absolute atomic E-state index is 2.34. The molecule has 1 atom stereocenters. The highest BCUT2D eigenvalue weighted by atomic mass is 79.9. The zero-order chi connectivity index (χ0) is 13.6. The molecule has 0 saturated carbocycles. The van der Waals surface area contributed by atoms with Crippen molar-refractivity contribution >= 4 is 0 Å². The summed E-state index contributed by atoms with van der Waals surface area (Å²) in [6.45, 7) is 1.15. The molecule has 1 aliphatic carbocycles. The minimum atomic E-state index is 0. The van der Waals surface area contributed by atoms with E-state index in [1.54, 1.807) is 11.1 Å². The Bertz CT molecular complexity index is 538. The number of fused-ring (bicyclic) bond motifs is 1. The summed E-state index contributed by atoms with van der Waals surface area (Å²) in [4.78, 5) is 0. The molecule has 1 nitrogen and oxygen atoms in total. The lowest BCUT2D eigenvalue weighted by Crippen LogP contribution is -3.00. The van der Waals surface area contributed by atoms with Crippen LogP contribution in [0.15, 0.2) is 54.9 Å². The molecule has 1 heterocycles. The third-order valence-electron chi connectivity index (χ3n) is 4.50. The average molecular weight is 346 g/mol. The molecule has 0 aliphatic heterocycles. The van der Waals surface area contributed by atoms with Gasteiger partial charge in [0.25, 0.3) is 0 Å². The molecule has 112 valence electrons. The van der Waals surface area contributed by atoms with E-state index < -0.39 is 0 Å². The van der Waals surface area contributed by atoms with Gasteiger partial charge >= 0.3 is 0 Å². The van der Waals surface area contributed by atoms with Crippen LogP contribution in [0.4, 0.5) is 0 Å². The normalized spacial score (nSPS) is 16.3. The average Bonchev–Trinajstić information content (AvgIpc) is 2.91. The van der Waals surface area contributed by atoms with Gasteiger partial charge in [-0.1, -0.05) is 36.8 Å². The summed E-state index contributed by atoms with van der Waals surface area (Å²) in [5.74, 6) is 0.829. The second-order valence-corrected chi connectivity index (χ2v) is 5.90. The molecule has 1 aliphatic rings. The molecule has 0 saturated heterocycles. The van der Waals surface area contributed by atoms with E-state index in [1.807, 2.05) is 0 Å². The van der Waals surface area contributed by atoms with Crippen LogP contribution in [0.3, 0.4) is 0 Å². The molecular weight excluding hydrogens is 322 g/mol. The summed E-state index contributed by atoms with van der Waals surface area (Å²) < 4.78 is 2.28. The summed E-state index contributed by atoms with van der Waals surface area (Å²) in [5, 5.41) is 0. The van der Waals surface area contributed by atoms with E-state index >= 15 is 0 Å². The Morgan fingerprint density at radius 2 is 1.71 bits per heavy atom. The number of hydrogen-bond donors (Lipinski definition) is 0. The highest BCUT2D eigenvalue weighted by Gasteiger charge is 2.20. The van der Waals surface area contributed by atoms with Gasteiger partial charge in [-0.3, -0.25) is 0 Å². The van der Waals surface area contributed by atoms with Crippen LogP contribution >= 0.6 is 0 Å². The van der Waals surface area contributed by atoms with Gasteiger partial charge in [0.2, 0.25) is 0 Å². The highest BCUT2D eigenvalue weighted by Crippen LogP contribution is 2.36. The number of halogens is 1. The van der Waals surface area contributed by atoms with E-state index in [0.29, 0.717) is 0 Å². The molecule has 0 bridgehead atoms. The van der Waals surface area contributed by atoms with Crippen molar-refractivity contribution < 1.29 is 21.5 Å². The Balaban J connectivity index is 0.00000161. The zero-order valence-electron chi connectivity index (χ0n) is 12.5. The van der Waals surface area contributed by atoms with Crippen molar-refractivity contribution in [3.63, 3.8) is 0 Å². The second kappa shape index (κ2) is 8.33. The maximum atomic E-state index is 2.34. The molecule has 0 N–H and O–H groups in total. The van der Waals surface area contributed by atoms with Crippen LogP contribution in [0.1, 0.15) is 49.1 Å². The van der Waals surface area contributed by atoms with Gasteiger partial charge in [0.1, 0.15) is 6.54 Å². The summed E-state index contributed by atoms with van der Waals surface area (Å²) in [6, 6.07) is 15.3. The molecule has 1 aromatic carbocycles. The minimum Gasteiger partial charge on any atom is -1.00 e. The molecule has 21 heavy (non-hydrogen) atoms. The van der Waals surface area contributed by atoms with E-state index in [4.69, 9.17) is 0 Å². The first kappa shape index (κ1) is 16.2. The van der Waals surface area contributed by atoms with E-state index in [1.165, 1.54) is 38.5 Å². The Kier molecular flexibility index (Phi) is 6.44. The molecular formula is C19H24BrN. The van der Waals surface area contributed by atoms with E-state index in [-0.39, 0.29) is 17.0 Å². The molecule has 1 unspecified atom stereocenters. The fourth-order valence-electron chi connectivity index (χ4n) is 3.39. The summed E-state index contributed by atoms with van der Waals surface area (Å²) in [5.41, 5.74) is 3.22. The lowest BCUT2D eigenvalue weighted by atomic mass is 9.95. The summed E-state index contributed by atoms with van der Waals surface area (Å²) in [7, 11) is 0. The highest BCUT2D eigenvalue weighted by molar-refractivity contribution is 5.34. The van der Waals surface area contributed by atoms with Crippen LogP contribution in [-0.4, -0.2) is 0 Å². The molecule has 2 aromatic rings. The second-order valence-electron chi connectivity index (χ2n) is 5.90. The quantitative estimate of drug-likeness (QED) is 0.548. The van der Waals surface area contributed by atoms with Crippen molar-refractivity contribution in [1.29, 1.82) is 0 Å². The lowest BCUT2D eigenvalue weighted by Gasteiger charge is -2.10. The van der Waals surface area contributed by atoms with Crippen molar-refractivity contribution in [2.75, 3.05) is 0 Å². The van der Waals surface area contributed by atoms with Crippen molar-refractivity contribution in [2.45, 2.75) is 51.0 Å². The monoisotopic (exact) mass is 345 g/mol. The lowest BCUT2D eigenvalue weighted by molar-refractivity contribution is -0.697. The standard InChI is InChI=1S/C19H24N.BrH/c1(6-14-20-15-7-2-8-16-20)3-9-17-12-13-18-10-4-5-11-19(17)18;/h2,4-5,7-8,10-11,15-17H,1,3,6,9,12-14H2;1H/q+1;/p-1. The van der Waals surface area contributed by atoms with Crippen LogP contribution < -0.4 is 21.5 Å². The Labute approximate surface area is 138 Å². The van der Waals surface area contributed by atoms with Gasteiger partial charge in [-0.2, -0.15) is 0 Å². The van der Waals surface area contributed by atoms with Gasteiger partial charge in [0, 0.05) is 18.6 Å². The van der Waals surface area contributed by atoms with Crippen LogP contribution in [0.25, 0.3) is 0 Å². The Morgan fingerprint density at radius 1 is 0.905 bits per heavy atom. The smallest absolute Gasteiger partial charge is 0.168 e. The summed E-state index contributed by atoms with van der Waals surface area (Å²) in [6.07, 6.45) is 12.4. The molecule has 3 rings (SSSR count). The fraction of sp³-hybridized carbons (Fsp3) is 0.421. The number of rotatable bonds is 6. The van der Waals surface area contributed by atoms with E-state index in [0.717, 1.165) is 12.5 Å². The van der Waals surface area contributed by atoms with Gasteiger partial charge in [-0.05, 0) is 42.7 Å². The zero-order valence-corrected chi connectivity index (χ0v) is 14.1. The predicted molar refractivity (Wildman–Crippen MR) is 82.6 cm³/mol. The predicted octanol–water partition coefficient (Wildman–Crippen LogP) is 1.27. The van der Waals surface area contributed by atoms with Crippen LogP contribution in [0, 0.1) is 0 Å². The van der Waals surface area contributed by atoms with Crippen molar-refractivity contribution in [2.24, 2.45) is 0 Å². The van der Waals surface area contributed by atoms with Crippen molar-refractivity contribution in [1.82, 2.24) is 0 Å². The topological polar surface area (TPSA) is 3.88 Å².